The van der Waals surface area contributed by atoms with Crippen LogP contribution >= 0.6 is 11.8 Å². The molecule has 2 fully saturated rings. The normalized spacial score (nSPS) is 27.8. The summed E-state index contributed by atoms with van der Waals surface area (Å²) in [5.74, 6) is 2.71. The van der Waals surface area contributed by atoms with Crippen molar-refractivity contribution < 1.29 is 4.74 Å². The largest absolute Gasteiger partial charge is 0.481 e. The fourth-order valence-corrected chi connectivity index (χ4v) is 4.02. The molecule has 5 heteroatoms. The zero-order chi connectivity index (χ0) is 13.8. The van der Waals surface area contributed by atoms with Gasteiger partial charge in [0.2, 0.25) is 5.88 Å². The number of aliphatic imine (C=N–C) groups is 1. The summed E-state index contributed by atoms with van der Waals surface area (Å²) in [5, 5.41) is 4.72. The molecule has 2 unspecified atom stereocenters. The molecule has 2 heterocycles. The van der Waals surface area contributed by atoms with Crippen LogP contribution in [0.4, 0.5) is 0 Å². The van der Waals surface area contributed by atoms with Gasteiger partial charge in [-0.3, -0.25) is 4.99 Å². The first-order valence-corrected chi connectivity index (χ1v) is 8.26. The Morgan fingerprint density at radius 2 is 2.30 bits per heavy atom. The second-order valence-corrected chi connectivity index (χ2v) is 6.45. The zero-order valence-corrected chi connectivity index (χ0v) is 12.7. The van der Waals surface area contributed by atoms with E-state index in [2.05, 4.69) is 15.3 Å². The average molecular weight is 291 g/mol. The predicted molar refractivity (Wildman–Crippen MR) is 83.3 cm³/mol. The molecule has 1 N–H and O–H groups in total. The number of rotatable bonds is 3. The molecule has 2 atom stereocenters. The summed E-state index contributed by atoms with van der Waals surface area (Å²) in [6.07, 6.45) is 7.26. The Labute approximate surface area is 124 Å². The van der Waals surface area contributed by atoms with Crippen LogP contribution in [-0.4, -0.2) is 29.1 Å². The number of hydrogen-bond acceptors (Lipinski definition) is 4. The van der Waals surface area contributed by atoms with Gasteiger partial charge in [0.25, 0.3) is 0 Å². The topological polar surface area (TPSA) is 46.5 Å². The lowest BCUT2D eigenvalue weighted by Gasteiger charge is -2.36. The van der Waals surface area contributed by atoms with Crippen LogP contribution in [0, 0.1) is 5.92 Å². The van der Waals surface area contributed by atoms with E-state index in [4.69, 9.17) is 4.74 Å². The number of nitrogens with one attached hydrogen (secondary N) is 1. The van der Waals surface area contributed by atoms with Crippen LogP contribution in [0.1, 0.15) is 31.2 Å². The van der Waals surface area contributed by atoms with Crippen LogP contribution in [0.15, 0.2) is 23.3 Å². The molecule has 1 aromatic rings. The average Bonchev–Trinajstić information content (AvgIpc) is 2.53. The SMILES string of the molecule is COc1ccc(CN=C2NC3CCCCC3CS2)cn1. The maximum Gasteiger partial charge on any atom is 0.212 e. The quantitative estimate of drug-likeness (QED) is 0.930. The number of amidine groups is 1. The Balaban J connectivity index is 1.58. The van der Waals surface area contributed by atoms with E-state index >= 15 is 0 Å². The Kier molecular flexibility index (Phi) is 4.45. The highest BCUT2D eigenvalue weighted by molar-refractivity contribution is 8.13. The number of thioether (sulfide) groups is 1. The number of pyridine rings is 1. The second-order valence-electron chi connectivity index (χ2n) is 5.44. The molecule has 108 valence electrons. The first-order chi connectivity index (χ1) is 9.85. The third-order valence-corrected chi connectivity index (χ3v) is 5.18. The molecular weight excluding hydrogens is 270 g/mol. The van der Waals surface area contributed by atoms with Gasteiger partial charge in [-0.15, -0.1) is 0 Å². The van der Waals surface area contributed by atoms with Gasteiger partial charge in [0.15, 0.2) is 5.17 Å². The summed E-state index contributed by atoms with van der Waals surface area (Å²) in [6, 6.07) is 4.55. The minimum atomic E-state index is 0.650. The predicted octanol–water partition coefficient (Wildman–Crippen LogP) is 2.84. The molecule has 0 spiro atoms. The lowest BCUT2D eigenvalue weighted by atomic mass is 9.86. The van der Waals surface area contributed by atoms with Gasteiger partial charge in [0.1, 0.15) is 0 Å². The van der Waals surface area contributed by atoms with Gasteiger partial charge in [-0.25, -0.2) is 4.98 Å². The number of nitrogens with zero attached hydrogens (tertiary/aromatic N) is 2. The number of methoxy groups -OCH3 is 1. The molecule has 0 amide bonds. The monoisotopic (exact) mass is 291 g/mol. The van der Waals surface area contributed by atoms with E-state index < -0.39 is 0 Å². The molecule has 4 nitrogen and oxygen atoms in total. The summed E-state index contributed by atoms with van der Waals surface area (Å²) in [7, 11) is 1.63. The Morgan fingerprint density at radius 1 is 1.40 bits per heavy atom. The Morgan fingerprint density at radius 3 is 3.10 bits per heavy atom. The first-order valence-electron chi connectivity index (χ1n) is 7.28. The molecular formula is C15H21N3OS. The van der Waals surface area contributed by atoms with Crippen molar-refractivity contribution in [2.75, 3.05) is 12.9 Å². The van der Waals surface area contributed by atoms with E-state index in [0.29, 0.717) is 18.5 Å². The fraction of sp³-hybridized carbons (Fsp3) is 0.600. The highest BCUT2D eigenvalue weighted by atomic mass is 32.2. The number of hydrogen-bond donors (Lipinski definition) is 1. The van der Waals surface area contributed by atoms with Crippen LogP contribution in [0.3, 0.4) is 0 Å². The maximum atomic E-state index is 5.06. The number of aromatic nitrogens is 1. The van der Waals surface area contributed by atoms with Crippen molar-refractivity contribution in [2.24, 2.45) is 10.9 Å². The van der Waals surface area contributed by atoms with Crippen LogP contribution in [0.25, 0.3) is 0 Å². The van der Waals surface area contributed by atoms with Gasteiger partial charge in [0.05, 0.1) is 13.7 Å². The van der Waals surface area contributed by atoms with Crippen LogP contribution in [0.2, 0.25) is 0 Å². The van der Waals surface area contributed by atoms with Crippen molar-refractivity contribution in [1.29, 1.82) is 0 Å². The lowest BCUT2D eigenvalue weighted by Crippen LogP contribution is -2.46. The van der Waals surface area contributed by atoms with Gasteiger partial charge >= 0.3 is 0 Å². The Hall–Kier alpha value is -1.23. The summed E-state index contributed by atoms with van der Waals surface area (Å²) < 4.78 is 5.06. The molecule has 0 bridgehead atoms. The van der Waals surface area contributed by atoms with E-state index in [1.807, 2.05) is 30.1 Å². The number of ether oxygens (including phenoxy) is 1. The van der Waals surface area contributed by atoms with Gasteiger partial charge in [-0.05, 0) is 24.3 Å². The smallest absolute Gasteiger partial charge is 0.212 e. The second kappa shape index (κ2) is 6.48. The van der Waals surface area contributed by atoms with Crippen molar-refractivity contribution in [2.45, 2.75) is 38.3 Å². The van der Waals surface area contributed by atoms with Gasteiger partial charge in [-0.2, -0.15) is 0 Å². The molecule has 0 radical (unpaired) electrons. The molecule has 1 aliphatic carbocycles. The van der Waals surface area contributed by atoms with E-state index in [1.54, 1.807) is 7.11 Å². The van der Waals surface area contributed by atoms with Gasteiger partial charge < -0.3 is 10.1 Å². The van der Waals surface area contributed by atoms with Crippen molar-refractivity contribution in [3.63, 3.8) is 0 Å². The van der Waals surface area contributed by atoms with Crippen molar-refractivity contribution in [3.8, 4) is 5.88 Å². The summed E-state index contributed by atoms with van der Waals surface area (Å²) in [5.41, 5.74) is 1.12. The van der Waals surface area contributed by atoms with Crippen molar-refractivity contribution in [1.82, 2.24) is 10.3 Å². The maximum absolute atomic E-state index is 5.06. The first kappa shape index (κ1) is 13.7. The summed E-state index contributed by atoms with van der Waals surface area (Å²) >= 11 is 1.87. The molecule has 3 rings (SSSR count). The molecule has 2 aliphatic rings. The third kappa shape index (κ3) is 3.26. The molecule has 1 aliphatic heterocycles. The standard InChI is InChI=1S/C15H21N3OS/c1-19-14-7-6-11(8-16-14)9-17-15-18-13-5-3-2-4-12(13)10-20-15/h6-8,12-13H,2-5,9-10H2,1H3,(H,17,18). The number of fused-ring (bicyclic) bond motifs is 1. The molecule has 20 heavy (non-hydrogen) atoms. The third-order valence-electron chi connectivity index (χ3n) is 4.06. The van der Waals surface area contributed by atoms with Crippen LogP contribution < -0.4 is 10.1 Å². The minimum absolute atomic E-state index is 0.650. The summed E-state index contributed by atoms with van der Waals surface area (Å²) in [4.78, 5) is 8.90. The van der Waals surface area contributed by atoms with E-state index in [0.717, 1.165) is 16.6 Å². The van der Waals surface area contributed by atoms with Crippen LogP contribution in [0.5, 0.6) is 5.88 Å². The van der Waals surface area contributed by atoms with Crippen molar-refractivity contribution in [3.05, 3.63) is 23.9 Å². The highest BCUT2D eigenvalue weighted by Crippen LogP contribution is 2.31. The Bertz CT molecular complexity index is 475. The van der Waals surface area contributed by atoms with Crippen molar-refractivity contribution >= 4 is 16.9 Å². The molecule has 1 aromatic heterocycles. The van der Waals surface area contributed by atoms with E-state index in [-0.39, 0.29) is 0 Å². The highest BCUT2D eigenvalue weighted by Gasteiger charge is 2.29. The summed E-state index contributed by atoms with van der Waals surface area (Å²) in [6.45, 7) is 0.684. The fourth-order valence-electron chi connectivity index (χ4n) is 2.86. The lowest BCUT2D eigenvalue weighted by molar-refractivity contribution is 0.311. The minimum Gasteiger partial charge on any atom is -0.481 e. The van der Waals surface area contributed by atoms with Gasteiger partial charge in [0, 0.05) is 24.1 Å². The van der Waals surface area contributed by atoms with Gasteiger partial charge in [-0.1, -0.05) is 30.7 Å². The van der Waals surface area contributed by atoms with E-state index in [1.165, 1.54) is 31.4 Å². The molecule has 0 aromatic carbocycles. The van der Waals surface area contributed by atoms with E-state index in [9.17, 15) is 0 Å². The molecule has 1 saturated carbocycles. The molecule has 1 saturated heterocycles. The van der Waals surface area contributed by atoms with Crippen LogP contribution in [-0.2, 0) is 6.54 Å². The zero-order valence-electron chi connectivity index (χ0n) is 11.8.